The highest BCUT2D eigenvalue weighted by Gasteiger charge is 2.24. The molecular weight excluding hydrogens is 262 g/mol. The Balaban J connectivity index is 2.18. The van der Waals surface area contributed by atoms with Crippen LogP contribution in [0, 0.1) is 5.92 Å². The van der Waals surface area contributed by atoms with Crippen LogP contribution in [0.4, 0.5) is 5.69 Å². The van der Waals surface area contributed by atoms with Crippen molar-refractivity contribution in [1.82, 2.24) is 0 Å². The van der Waals surface area contributed by atoms with Gasteiger partial charge in [0.1, 0.15) is 0 Å². The molecule has 1 aliphatic heterocycles. The summed E-state index contributed by atoms with van der Waals surface area (Å²) < 4.78 is 0. The molecule has 0 bridgehead atoms. The Morgan fingerprint density at radius 2 is 2.26 bits per heavy atom. The molecule has 2 unspecified atom stereocenters. The number of rotatable bonds is 3. The summed E-state index contributed by atoms with van der Waals surface area (Å²) >= 11 is 6.24. The zero-order valence-electron chi connectivity index (χ0n) is 11.1. The molecule has 1 heterocycles. The van der Waals surface area contributed by atoms with E-state index < -0.39 is 0 Å². The molecule has 19 heavy (non-hydrogen) atoms. The van der Waals surface area contributed by atoms with Crippen LogP contribution in [0.25, 0.3) is 0 Å². The molecule has 104 valence electrons. The molecule has 1 aromatic rings. The van der Waals surface area contributed by atoms with Crippen LogP contribution in [0.1, 0.15) is 31.4 Å². The number of nitrogens with zero attached hydrogens (tertiary/aromatic N) is 1. The number of carbonyl (C=O) groups excluding carboxylic acids is 1. The number of hydrogen-bond donors (Lipinski definition) is 2. The van der Waals surface area contributed by atoms with Gasteiger partial charge >= 0.3 is 0 Å². The van der Waals surface area contributed by atoms with Crippen LogP contribution in [0.5, 0.6) is 0 Å². The van der Waals surface area contributed by atoms with E-state index in [2.05, 4.69) is 4.90 Å². The van der Waals surface area contributed by atoms with Gasteiger partial charge < -0.3 is 16.4 Å². The maximum absolute atomic E-state index is 11.3. The third kappa shape index (κ3) is 3.19. The Morgan fingerprint density at radius 1 is 1.53 bits per heavy atom. The van der Waals surface area contributed by atoms with E-state index in [0.717, 1.165) is 30.6 Å². The van der Waals surface area contributed by atoms with Gasteiger partial charge in [-0.15, -0.1) is 0 Å². The number of carbonyl (C=O) groups is 1. The summed E-state index contributed by atoms with van der Waals surface area (Å²) in [6, 6.07) is 5.80. The largest absolute Gasteiger partial charge is 0.371 e. The van der Waals surface area contributed by atoms with Crippen molar-refractivity contribution in [2.45, 2.75) is 25.8 Å². The Kier molecular flexibility index (Phi) is 4.32. The van der Waals surface area contributed by atoms with Crippen LogP contribution in [0.2, 0.25) is 5.02 Å². The molecule has 2 rings (SSSR count). The summed E-state index contributed by atoms with van der Waals surface area (Å²) in [7, 11) is 0. The van der Waals surface area contributed by atoms with Crippen molar-refractivity contribution in [2.24, 2.45) is 17.4 Å². The van der Waals surface area contributed by atoms with Crippen molar-refractivity contribution in [3.63, 3.8) is 0 Å². The Hall–Kier alpha value is -1.26. The van der Waals surface area contributed by atoms with Gasteiger partial charge in [-0.1, -0.05) is 17.7 Å². The smallest absolute Gasteiger partial charge is 0.222 e. The predicted octanol–water partition coefficient (Wildman–Crippen LogP) is 2.06. The minimum atomic E-state index is -0.219. The average Bonchev–Trinajstić information content (AvgIpc) is 2.38. The maximum atomic E-state index is 11.3. The molecule has 4 nitrogen and oxygen atoms in total. The first-order valence-electron chi connectivity index (χ1n) is 6.58. The second kappa shape index (κ2) is 5.80. The minimum Gasteiger partial charge on any atom is -0.371 e. The Labute approximate surface area is 118 Å². The van der Waals surface area contributed by atoms with Crippen LogP contribution in [-0.4, -0.2) is 19.0 Å². The van der Waals surface area contributed by atoms with E-state index in [1.54, 1.807) is 0 Å². The van der Waals surface area contributed by atoms with Gasteiger partial charge in [0.05, 0.1) is 5.92 Å². The molecule has 0 aliphatic carbocycles. The highest BCUT2D eigenvalue weighted by atomic mass is 35.5. The molecule has 0 spiro atoms. The predicted molar refractivity (Wildman–Crippen MR) is 78.2 cm³/mol. The lowest BCUT2D eigenvalue weighted by Crippen LogP contribution is -2.41. The molecule has 1 saturated heterocycles. The van der Waals surface area contributed by atoms with Crippen LogP contribution >= 0.6 is 11.6 Å². The second-order valence-corrected chi connectivity index (χ2v) is 5.59. The Bertz CT molecular complexity index is 476. The van der Waals surface area contributed by atoms with E-state index in [9.17, 15) is 4.79 Å². The molecule has 0 aromatic heterocycles. The summed E-state index contributed by atoms with van der Waals surface area (Å²) in [5.41, 5.74) is 13.2. The topological polar surface area (TPSA) is 72.3 Å². The van der Waals surface area contributed by atoms with Gasteiger partial charge in [-0.25, -0.2) is 0 Å². The number of benzene rings is 1. The number of piperidine rings is 1. The van der Waals surface area contributed by atoms with Crippen molar-refractivity contribution in [3.8, 4) is 0 Å². The molecule has 0 saturated carbocycles. The van der Waals surface area contributed by atoms with Crippen LogP contribution in [0.15, 0.2) is 18.2 Å². The summed E-state index contributed by atoms with van der Waals surface area (Å²) in [6.45, 7) is 3.51. The molecular formula is C14H20ClN3O. The Morgan fingerprint density at radius 3 is 2.84 bits per heavy atom. The molecule has 1 aliphatic rings. The van der Waals surface area contributed by atoms with Crippen molar-refractivity contribution in [1.29, 1.82) is 0 Å². The molecule has 1 aromatic carbocycles. The number of primary amides is 1. The SMILES string of the molecule is CC(N)c1ccc(N2CCCC(C(N)=O)C2)cc1Cl. The van der Waals surface area contributed by atoms with Gasteiger partial charge in [0.25, 0.3) is 0 Å². The lowest BCUT2D eigenvalue weighted by atomic mass is 9.97. The number of halogens is 1. The third-order valence-electron chi connectivity index (χ3n) is 3.66. The average molecular weight is 282 g/mol. The summed E-state index contributed by atoms with van der Waals surface area (Å²) in [4.78, 5) is 13.5. The standard InChI is InChI=1S/C14H20ClN3O/c1-9(16)12-5-4-11(7-13(12)15)18-6-2-3-10(8-18)14(17)19/h4-5,7,9-10H,2-3,6,8,16H2,1H3,(H2,17,19). The van der Waals surface area contributed by atoms with Gasteiger partial charge in [-0.05, 0) is 37.5 Å². The monoisotopic (exact) mass is 281 g/mol. The first kappa shape index (κ1) is 14.2. The van der Waals surface area contributed by atoms with Crippen LogP contribution in [-0.2, 0) is 4.79 Å². The molecule has 0 radical (unpaired) electrons. The quantitative estimate of drug-likeness (QED) is 0.891. The normalized spacial score (nSPS) is 21.2. The van der Waals surface area contributed by atoms with Crippen molar-refractivity contribution in [2.75, 3.05) is 18.0 Å². The van der Waals surface area contributed by atoms with E-state index in [4.69, 9.17) is 23.1 Å². The maximum Gasteiger partial charge on any atom is 0.222 e. The zero-order chi connectivity index (χ0) is 14.0. The van der Waals surface area contributed by atoms with Crippen molar-refractivity contribution < 1.29 is 4.79 Å². The van der Waals surface area contributed by atoms with Gasteiger partial charge in [0, 0.05) is 29.8 Å². The minimum absolute atomic E-state index is 0.0689. The zero-order valence-corrected chi connectivity index (χ0v) is 11.9. The van der Waals surface area contributed by atoms with Crippen LogP contribution in [0.3, 0.4) is 0 Å². The number of hydrogen-bond acceptors (Lipinski definition) is 3. The van der Waals surface area contributed by atoms with Gasteiger partial charge in [-0.3, -0.25) is 4.79 Å². The van der Waals surface area contributed by atoms with Gasteiger partial charge in [-0.2, -0.15) is 0 Å². The van der Waals surface area contributed by atoms with E-state index in [0.29, 0.717) is 11.6 Å². The van der Waals surface area contributed by atoms with E-state index in [1.807, 2.05) is 25.1 Å². The van der Waals surface area contributed by atoms with E-state index in [-0.39, 0.29) is 17.9 Å². The first-order chi connectivity index (χ1) is 8.99. The van der Waals surface area contributed by atoms with Gasteiger partial charge in [0.15, 0.2) is 0 Å². The number of amides is 1. The summed E-state index contributed by atoms with van der Waals surface area (Å²) in [5.74, 6) is -0.288. The first-order valence-corrected chi connectivity index (χ1v) is 6.96. The van der Waals surface area contributed by atoms with Crippen LogP contribution < -0.4 is 16.4 Å². The summed E-state index contributed by atoms with van der Waals surface area (Å²) in [5, 5.41) is 0.675. The molecule has 2 atom stereocenters. The fourth-order valence-electron chi connectivity index (χ4n) is 2.53. The van der Waals surface area contributed by atoms with Gasteiger partial charge in [0.2, 0.25) is 5.91 Å². The molecule has 1 amide bonds. The highest BCUT2D eigenvalue weighted by Crippen LogP contribution is 2.29. The third-order valence-corrected chi connectivity index (χ3v) is 3.99. The van der Waals surface area contributed by atoms with Crippen molar-refractivity contribution in [3.05, 3.63) is 28.8 Å². The van der Waals surface area contributed by atoms with E-state index >= 15 is 0 Å². The fourth-order valence-corrected chi connectivity index (χ4v) is 2.87. The lowest BCUT2D eigenvalue weighted by Gasteiger charge is -2.33. The number of nitrogens with two attached hydrogens (primary N) is 2. The summed E-state index contributed by atoms with van der Waals surface area (Å²) in [6.07, 6.45) is 1.84. The van der Waals surface area contributed by atoms with E-state index in [1.165, 1.54) is 0 Å². The fraction of sp³-hybridized carbons (Fsp3) is 0.500. The highest BCUT2D eigenvalue weighted by molar-refractivity contribution is 6.31. The van der Waals surface area contributed by atoms with Crippen molar-refractivity contribution >= 4 is 23.2 Å². The second-order valence-electron chi connectivity index (χ2n) is 5.18. The lowest BCUT2D eigenvalue weighted by molar-refractivity contribution is -0.122. The molecule has 5 heteroatoms. The number of anilines is 1. The molecule has 4 N–H and O–H groups in total. The molecule has 1 fully saturated rings.